The highest BCUT2D eigenvalue weighted by Gasteiger charge is 2.31. The van der Waals surface area contributed by atoms with E-state index >= 15 is 0 Å². The summed E-state index contributed by atoms with van der Waals surface area (Å²) >= 11 is 0. The Hall–Kier alpha value is -1.30. The molecule has 0 aromatic heterocycles. The third-order valence-corrected chi connectivity index (χ3v) is 2.29. The van der Waals surface area contributed by atoms with E-state index in [4.69, 9.17) is 9.84 Å². The molecular weight excluding hydrogens is 200 g/mol. The molecule has 0 bridgehead atoms. The molecule has 2 amide bonds. The number of aliphatic carboxylic acids is 1. The predicted octanol–water partition coefficient (Wildman–Crippen LogP) is -0.251. The first-order chi connectivity index (χ1) is 7.13. The summed E-state index contributed by atoms with van der Waals surface area (Å²) in [5.41, 5.74) is 0. The van der Waals surface area contributed by atoms with Crippen LogP contribution in [0.25, 0.3) is 0 Å². The molecule has 1 heterocycles. The number of carbonyl (C=O) groups excluding carboxylic acids is 1. The van der Waals surface area contributed by atoms with Crippen molar-refractivity contribution in [1.82, 2.24) is 10.2 Å². The summed E-state index contributed by atoms with van der Waals surface area (Å²) in [6.45, 7) is 2.03. The molecule has 0 aromatic rings. The van der Waals surface area contributed by atoms with Crippen LogP contribution in [0, 0.1) is 5.92 Å². The summed E-state index contributed by atoms with van der Waals surface area (Å²) in [6.07, 6.45) is 0.141. The van der Waals surface area contributed by atoms with Gasteiger partial charge in [0.1, 0.15) is 0 Å². The Balaban J connectivity index is 2.09. The SMILES string of the molecule is COCCNC(=O)N1CC(CC(=O)O)C1. The molecule has 1 saturated heterocycles. The molecule has 0 unspecified atom stereocenters. The Bertz CT molecular complexity index is 238. The molecule has 1 aliphatic rings. The summed E-state index contributed by atoms with van der Waals surface area (Å²) in [6, 6.07) is -0.145. The minimum absolute atomic E-state index is 0.107. The fourth-order valence-electron chi connectivity index (χ4n) is 1.48. The molecule has 6 nitrogen and oxygen atoms in total. The number of amides is 2. The van der Waals surface area contributed by atoms with Gasteiger partial charge in [0.05, 0.1) is 13.0 Å². The zero-order valence-electron chi connectivity index (χ0n) is 8.73. The maximum atomic E-state index is 11.3. The summed E-state index contributed by atoms with van der Waals surface area (Å²) < 4.78 is 4.79. The van der Waals surface area contributed by atoms with Gasteiger partial charge in [-0.25, -0.2) is 4.79 Å². The van der Waals surface area contributed by atoms with Crippen LogP contribution in [0.1, 0.15) is 6.42 Å². The molecule has 0 atom stereocenters. The van der Waals surface area contributed by atoms with Gasteiger partial charge in [-0.2, -0.15) is 0 Å². The minimum Gasteiger partial charge on any atom is -0.481 e. The molecule has 15 heavy (non-hydrogen) atoms. The highest BCUT2D eigenvalue weighted by molar-refractivity contribution is 5.75. The van der Waals surface area contributed by atoms with Crippen LogP contribution in [0.4, 0.5) is 4.79 Å². The van der Waals surface area contributed by atoms with Crippen molar-refractivity contribution in [2.45, 2.75) is 6.42 Å². The lowest BCUT2D eigenvalue weighted by Gasteiger charge is -2.38. The number of hydrogen-bond acceptors (Lipinski definition) is 3. The second-order valence-electron chi connectivity index (χ2n) is 3.59. The van der Waals surface area contributed by atoms with Gasteiger partial charge < -0.3 is 20.1 Å². The fourth-order valence-corrected chi connectivity index (χ4v) is 1.48. The number of nitrogens with zero attached hydrogens (tertiary/aromatic N) is 1. The van der Waals surface area contributed by atoms with E-state index in [1.165, 1.54) is 0 Å². The molecule has 0 aliphatic carbocycles. The first-order valence-electron chi connectivity index (χ1n) is 4.87. The molecular formula is C9H16N2O4. The predicted molar refractivity (Wildman–Crippen MR) is 52.6 cm³/mol. The van der Waals surface area contributed by atoms with Crippen molar-refractivity contribution >= 4 is 12.0 Å². The van der Waals surface area contributed by atoms with Crippen molar-refractivity contribution < 1.29 is 19.4 Å². The molecule has 86 valence electrons. The summed E-state index contributed by atoms with van der Waals surface area (Å²) in [7, 11) is 1.57. The van der Waals surface area contributed by atoms with Gasteiger partial charge in [-0.05, 0) is 0 Å². The van der Waals surface area contributed by atoms with Crippen LogP contribution >= 0.6 is 0 Å². The molecule has 0 saturated carbocycles. The van der Waals surface area contributed by atoms with Crippen LogP contribution in [-0.2, 0) is 9.53 Å². The van der Waals surface area contributed by atoms with E-state index in [1.54, 1.807) is 12.0 Å². The zero-order valence-corrected chi connectivity index (χ0v) is 8.73. The normalized spacial score (nSPS) is 15.9. The molecule has 0 radical (unpaired) electrons. The standard InChI is InChI=1S/C9H16N2O4/c1-15-3-2-10-9(14)11-5-7(6-11)4-8(12)13/h7H,2-6H2,1H3,(H,10,14)(H,12,13). The third-order valence-electron chi connectivity index (χ3n) is 2.29. The van der Waals surface area contributed by atoms with E-state index in [0.29, 0.717) is 26.2 Å². The van der Waals surface area contributed by atoms with Crippen LogP contribution in [0.5, 0.6) is 0 Å². The lowest BCUT2D eigenvalue weighted by Crippen LogP contribution is -2.54. The summed E-state index contributed by atoms with van der Waals surface area (Å²) in [5.74, 6) is -0.699. The Morgan fingerprint density at radius 1 is 1.53 bits per heavy atom. The Kier molecular flexibility index (Phi) is 4.36. The van der Waals surface area contributed by atoms with Crippen molar-refractivity contribution in [3.8, 4) is 0 Å². The lowest BCUT2D eigenvalue weighted by molar-refractivity contribution is -0.139. The molecule has 1 aliphatic heterocycles. The number of carboxylic acid groups (broad SMARTS) is 1. The van der Waals surface area contributed by atoms with Crippen molar-refractivity contribution in [2.24, 2.45) is 5.92 Å². The second kappa shape index (κ2) is 5.55. The number of likely N-dealkylation sites (tertiary alicyclic amines) is 1. The van der Waals surface area contributed by atoms with Crippen molar-refractivity contribution in [2.75, 3.05) is 33.4 Å². The van der Waals surface area contributed by atoms with Crippen LogP contribution in [-0.4, -0.2) is 55.4 Å². The second-order valence-corrected chi connectivity index (χ2v) is 3.59. The Morgan fingerprint density at radius 3 is 2.73 bits per heavy atom. The van der Waals surface area contributed by atoms with Crippen LogP contribution in [0.3, 0.4) is 0 Å². The van der Waals surface area contributed by atoms with Crippen LogP contribution in [0.2, 0.25) is 0 Å². The molecule has 2 N–H and O–H groups in total. The highest BCUT2D eigenvalue weighted by atomic mass is 16.5. The van der Waals surface area contributed by atoms with E-state index in [1.807, 2.05) is 0 Å². The van der Waals surface area contributed by atoms with Gasteiger partial charge in [0, 0.05) is 32.7 Å². The number of rotatable bonds is 5. The van der Waals surface area contributed by atoms with Gasteiger partial charge in [-0.1, -0.05) is 0 Å². The van der Waals surface area contributed by atoms with Crippen LogP contribution < -0.4 is 5.32 Å². The van der Waals surface area contributed by atoms with Crippen LogP contribution in [0.15, 0.2) is 0 Å². The van der Waals surface area contributed by atoms with Gasteiger partial charge in [0.25, 0.3) is 0 Å². The first-order valence-corrected chi connectivity index (χ1v) is 4.87. The van der Waals surface area contributed by atoms with Gasteiger partial charge in [-0.15, -0.1) is 0 Å². The topological polar surface area (TPSA) is 78.9 Å². The average Bonchev–Trinajstić information content (AvgIpc) is 2.10. The fraction of sp³-hybridized carbons (Fsp3) is 0.778. The van der Waals surface area contributed by atoms with E-state index in [2.05, 4.69) is 5.32 Å². The minimum atomic E-state index is -0.806. The van der Waals surface area contributed by atoms with Gasteiger partial charge in [-0.3, -0.25) is 4.79 Å². The Morgan fingerprint density at radius 2 is 2.20 bits per heavy atom. The van der Waals surface area contributed by atoms with Crippen molar-refractivity contribution in [1.29, 1.82) is 0 Å². The van der Waals surface area contributed by atoms with E-state index in [9.17, 15) is 9.59 Å². The molecule has 6 heteroatoms. The Labute approximate surface area is 88.2 Å². The molecule has 0 aromatic carbocycles. The summed E-state index contributed by atoms with van der Waals surface area (Å²) in [4.78, 5) is 23.3. The number of nitrogens with one attached hydrogen (secondary N) is 1. The third kappa shape index (κ3) is 3.75. The lowest BCUT2D eigenvalue weighted by atomic mass is 9.97. The van der Waals surface area contributed by atoms with Gasteiger partial charge in [0.15, 0.2) is 0 Å². The molecule has 1 rings (SSSR count). The van der Waals surface area contributed by atoms with E-state index in [-0.39, 0.29) is 18.4 Å². The van der Waals surface area contributed by atoms with Crippen molar-refractivity contribution in [3.05, 3.63) is 0 Å². The highest BCUT2D eigenvalue weighted by Crippen LogP contribution is 2.18. The number of methoxy groups -OCH3 is 1. The maximum absolute atomic E-state index is 11.3. The van der Waals surface area contributed by atoms with Gasteiger partial charge >= 0.3 is 12.0 Å². The summed E-state index contributed by atoms with van der Waals surface area (Å²) in [5, 5.41) is 11.2. The van der Waals surface area contributed by atoms with Gasteiger partial charge in [0.2, 0.25) is 0 Å². The number of hydrogen-bond donors (Lipinski definition) is 2. The number of ether oxygens (including phenoxy) is 1. The number of carboxylic acids is 1. The zero-order chi connectivity index (χ0) is 11.3. The number of carbonyl (C=O) groups is 2. The average molecular weight is 216 g/mol. The monoisotopic (exact) mass is 216 g/mol. The van der Waals surface area contributed by atoms with Crippen molar-refractivity contribution in [3.63, 3.8) is 0 Å². The quantitative estimate of drug-likeness (QED) is 0.621. The van der Waals surface area contributed by atoms with E-state index < -0.39 is 5.97 Å². The largest absolute Gasteiger partial charge is 0.481 e. The first kappa shape index (κ1) is 11.8. The molecule has 1 fully saturated rings. The maximum Gasteiger partial charge on any atom is 0.317 e. The van der Waals surface area contributed by atoms with E-state index in [0.717, 1.165) is 0 Å². The smallest absolute Gasteiger partial charge is 0.317 e. The molecule has 0 spiro atoms. The number of urea groups is 1.